The molecule has 2 aromatic rings. The van der Waals surface area contributed by atoms with Gasteiger partial charge < -0.3 is 5.32 Å². The van der Waals surface area contributed by atoms with Crippen molar-refractivity contribution in [2.45, 2.75) is 19.9 Å². The van der Waals surface area contributed by atoms with Crippen LogP contribution in [0.15, 0.2) is 42.5 Å². The van der Waals surface area contributed by atoms with E-state index >= 15 is 0 Å². The van der Waals surface area contributed by atoms with Gasteiger partial charge in [-0.2, -0.15) is 0 Å². The Morgan fingerprint density at radius 1 is 1.20 bits per heavy atom. The van der Waals surface area contributed by atoms with Crippen LogP contribution in [0.3, 0.4) is 0 Å². The zero-order chi connectivity index (χ0) is 14.7. The highest BCUT2D eigenvalue weighted by atomic mass is 127. The Kier molecular flexibility index (Phi) is 4.59. The molecule has 1 unspecified atom stereocenters. The van der Waals surface area contributed by atoms with Crippen LogP contribution in [0.25, 0.3) is 0 Å². The highest BCUT2D eigenvalue weighted by molar-refractivity contribution is 14.1. The summed E-state index contributed by atoms with van der Waals surface area (Å²) in [7, 11) is 0. The quantitative estimate of drug-likeness (QED) is 0.475. The van der Waals surface area contributed by atoms with Crippen LogP contribution in [-0.2, 0) is 0 Å². The lowest BCUT2D eigenvalue weighted by Gasteiger charge is -2.17. The van der Waals surface area contributed by atoms with E-state index < -0.39 is 0 Å². The molecular formula is C15H15IN2O2. The molecule has 1 N–H and O–H groups in total. The topological polar surface area (TPSA) is 55.2 Å². The van der Waals surface area contributed by atoms with Crippen LogP contribution in [0.5, 0.6) is 0 Å². The minimum Gasteiger partial charge on any atom is -0.378 e. The molecule has 5 heteroatoms. The van der Waals surface area contributed by atoms with Gasteiger partial charge in [0.1, 0.15) is 0 Å². The first-order valence-corrected chi connectivity index (χ1v) is 7.32. The molecule has 104 valence electrons. The zero-order valence-corrected chi connectivity index (χ0v) is 13.4. The molecular weight excluding hydrogens is 367 g/mol. The maximum absolute atomic E-state index is 10.6. The highest BCUT2D eigenvalue weighted by Gasteiger charge is 2.10. The van der Waals surface area contributed by atoms with Crippen molar-refractivity contribution in [3.63, 3.8) is 0 Å². The minimum atomic E-state index is -0.384. The lowest BCUT2D eigenvalue weighted by atomic mass is 10.1. The largest absolute Gasteiger partial charge is 0.378 e. The summed E-state index contributed by atoms with van der Waals surface area (Å²) in [4.78, 5) is 10.3. The van der Waals surface area contributed by atoms with E-state index in [0.29, 0.717) is 0 Å². The normalized spacial score (nSPS) is 11.9. The molecule has 0 heterocycles. The van der Waals surface area contributed by atoms with E-state index in [9.17, 15) is 10.1 Å². The van der Waals surface area contributed by atoms with Crippen LogP contribution in [-0.4, -0.2) is 4.92 Å². The monoisotopic (exact) mass is 382 g/mol. The molecule has 20 heavy (non-hydrogen) atoms. The van der Waals surface area contributed by atoms with Crippen molar-refractivity contribution in [3.05, 3.63) is 67.3 Å². The number of hydrogen-bond donors (Lipinski definition) is 1. The molecule has 0 radical (unpaired) electrons. The van der Waals surface area contributed by atoms with E-state index in [0.717, 1.165) is 11.3 Å². The molecule has 0 fully saturated rings. The van der Waals surface area contributed by atoms with Crippen molar-refractivity contribution < 1.29 is 4.92 Å². The molecule has 0 amide bonds. The number of nitrogens with zero attached hydrogens (tertiary/aromatic N) is 1. The van der Waals surface area contributed by atoms with Crippen molar-refractivity contribution in [1.29, 1.82) is 0 Å². The number of hydrogen-bond acceptors (Lipinski definition) is 3. The van der Waals surface area contributed by atoms with E-state index in [1.807, 2.05) is 6.92 Å². The first-order chi connectivity index (χ1) is 9.47. The number of halogens is 1. The van der Waals surface area contributed by atoms with Gasteiger partial charge in [0.15, 0.2) is 0 Å². The number of benzene rings is 2. The second kappa shape index (κ2) is 6.21. The smallest absolute Gasteiger partial charge is 0.269 e. The van der Waals surface area contributed by atoms with Crippen molar-refractivity contribution in [2.75, 3.05) is 5.32 Å². The fraction of sp³-hybridized carbons (Fsp3) is 0.200. The Morgan fingerprint density at radius 2 is 1.85 bits per heavy atom. The third kappa shape index (κ3) is 3.47. The van der Waals surface area contributed by atoms with Gasteiger partial charge in [-0.1, -0.05) is 12.1 Å². The van der Waals surface area contributed by atoms with Gasteiger partial charge in [0.2, 0.25) is 0 Å². The molecule has 2 aromatic carbocycles. The Balaban J connectivity index is 2.15. The van der Waals surface area contributed by atoms with Gasteiger partial charge in [0.25, 0.3) is 5.69 Å². The molecule has 0 aliphatic heterocycles. The van der Waals surface area contributed by atoms with Gasteiger partial charge in [-0.3, -0.25) is 10.1 Å². The first kappa shape index (κ1) is 14.8. The predicted molar refractivity (Wildman–Crippen MR) is 89.0 cm³/mol. The summed E-state index contributed by atoms with van der Waals surface area (Å²) in [5.41, 5.74) is 3.40. The van der Waals surface area contributed by atoms with Crippen LogP contribution in [0.1, 0.15) is 24.1 Å². The number of nitro benzene ring substituents is 1. The van der Waals surface area contributed by atoms with Crippen LogP contribution < -0.4 is 5.32 Å². The van der Waals surface area contributed by atoms with Gasteiger partial charge in [0.05, 0.1) is 4.92 Å². The maximum Gasteiger partial charge on any atom is 0.269 e. The summed E-state index contributed by atoms with van der Waals surface area (Å²) >= 11 is 2.29. The minimum absolute atomic E-state index is 0.0922. The molecule has 0 spiro atoms. The molecule has 1 atom stereocenters. The number of aryl methyl sites for hydroxylation is 1. The van der Waals surface area contributed by atoms with Crippen molar-refractivity contribution in [1.82, 2.24) is 0 Å². The van der Waals surface area contributed by atoms with E-state index in [1.54, 1.807) is 12.1 Å². The van der Waals surface area contributed by atoms with Crippen LogP contribution in [0.2, 0.25) is 0 Å². The predicted octanol–water partition coefficient (Wildman–Crippen LogP) is 4.68. The second-order valence-electron chi connectivity index (χ2n) is 4.67. The SMILES string of the molecule is Cc1cc(I)ccc1NC(C)c1ccc([N+](=O)[O-])cc1. The lowest BCUT2D eigenvalue weighted by Crippen LogP contribution is -2.07. The summed E-state index contributed by atoms with van der Waals surface area (Å²) in [6.07, 6.45) is 0. The highest BCUT2D eigenvalue weighted by Crippen LogP contribution is 2.24. The second-order valence-corrected chi connectivity index (χ2v) is 5.92. The van der Waals surface area contributed by atoms with Crippen LogP contribution in [0.4, 0.5) is 11.4 Å². The van der Waals surface area contributed by atoms with Crippen LogP contribution >= 0.6 is 22.6 Å². The molecule has 0 saturated heterocycles. The summed E-state index contributed by atoms with van der Waals surface area (Å²) in [5.74, 6) is 0. The summed E-state index contributed by atoms with van der Waals surface area (Å²) < 4.78 is 1.20. The summed E-state index contributed by atoms with van der Waals surface area (Å²) in [6.45, 7) is 4.10. The van der Waals surface area contributed by atoms with Crippen molar-refractivity contribution >= 4 is 34.0 Å². The summed E-state index contributed by atoms with van der Waals surface area (Å²) in [6, 6.07) is 13.0. The average Bonchev–Trinajstić information content (AvgIpc) is 2.42. The maximum atomic E-state index is 10.6. The number of nitrogens with one attached hydrogen (secondary N) is 1. The van der Waals surface area contributed by atoms with Gasteiger partial charge in [-0.05, 0) is 65.8 Å². The molecule has 0 saturated carbocycles. The van der Waals surface area contributed by atoms with Crippen molar-refractivity contribution in [2.24, 2.45) is 0 Å². The van der Waals surface area contributed by atoms with Gasteiger partial charge in [0, 0.05) is 27.4 Å². The third-order valence-electron chi connectivity index (χ3n) is 3.16. The fourth-order valence-electron chi connectivity index (χ4n) is 1.99. The molecule has 0 aliphatic carbocycles. The first-order valence-electron chi connectivity index (χ1n) is 6.24. The van der Waals surface area contributed by atoms with Gasteiger partial charge in [-0.25, -0.2) is 0 Å². The van der Waals surface area contributed by atoms with Gasteiger partial charge in [-0.15, -0.1) is 0 Å². The lowest BCUT2D eigenvalue weighted by molar-refractivity contribution is -0.384. The molecule has 4 nitrogen and oxygen atoms in total. The zero-order valence-electron chi connectivity index (χ0n) is 11.3. The van der Waals surface area contributed by atoms with Gasteiger partial charge >= 0.3 is 0 Å². The number of rotatable bonds is 4. The molecule has 0 aromatic heterocycles. The van der Waals surface area contributed by atoms with Crippen molar-refractivity contribution in [3.8, 4) is 0 Å². The fourth-order valence-corrected chi connectivity index (χ4v) is 2.64. The Hall–Kier alpha value is -1.63. The Labute approximate surface area is 131 Å². The number of non-ortho nitro benzene ring substituents is 1. The van der Waals surface area contributed by atoms with E-state index in [-0.39, 0.29) is 16.7 Å². The molecule has 2 rings (SSSR count). The number of nitro groups is 1. The average molecular weight is 382 g/mol. The van der Waals surface area contributed by atoms with Crippen LogP contribution in [0, 0.1) is 20.6 Å². The third-order valence-corrected chi connectivity index (χ3v) is 3.84. The van der Waals surface area contributed by atoms with E-state index in [4.69, 9.17) is 0 Å². The Morgan fingerprint density at radius 3 is 2.40 bits per heavy atom. The standard InChI is InChI=1S/C15H15IN2O2/c1-10-9-13(16)5-8-15(10)17-11(2)12-3-6-14(7-4-12)18(19)20/h3-9,11,17H,1-2H3. The molecule has 0 aliphatic rings. The Bertz CT molecular complexity index is 626. The van der Waals surface area contributed by atoms with E-state index in [1.165, 1.54) is 21.3 Å². The van der Waals surface area contributed by atoms with E-state index in [2.05, 4.69) is 53.0 Å². The summed E-state index contributed by atoms with van der Waals surface area (Å²) in [5, 5.41) is 14.1. The molecule has 0 bridgehead atoms. The number of anilines is 1.